The number of hydrazone groups is 1. The van der Waals surface area contributed by atoms with Crippen molar-refractivity contribution < 1.29 is 4.79 Å². The lowest BCUT2D eigenvalue weighted by atomic mass is 10.2. The van der Waals surface area contributed by atoms with Crippen molar-refractivity contribution in [2.45, 2.75) is 19.8 Å². The number of nitrogens with zero attached hydrogens (tertiary/aromatic N) is 1. The quantitative estimate of drug-likeness (QED) is 0.630. The van der Waals surface area contributed by atoms with Crippen LogP contribution in [0, 0.1) is 5.92 Å². The van der Waals surface area contributed by atoms with Crippen LogP contribution in [-0.4, -0.2) is 16.6 Å². The molecule has 2 aromatic rings. The van der Waals surface area contributed by atoms with Gasteiger partial charge in [0.15, 0.2) is 0 Å². The molecule has 1 aliphatic rings. The van der Waals surface area contributed by atoms with Crippen LogP contribution >= 0.6 is 0 Å². The van der Waals surface area contributed by atoms with Crippen LogP contribution in [0.4, 0.5) is 0 Å². The first-order valence-corrected chi connectivity index (χ1v) is 6.16. The van der Waals surface area contributed by atoms with E-state index in [1.165, 1.54) is 12.8 Å². The number of hydrogen-bond acceptors (Lipinski definition) is 2. The van der Waals surface area contributed by atoms with Crippen LogP contribution in [0.25, 0.3) is 10.9 Å². The Morgan fingerprint density at radius 2 is 2.17 bits per heavy atom. The maximum Gasteiger partial charge on any atom is 0.273 e. The molecular formula is C14H15N3O. The van der Waals surface area contributed by atoms with Crippen LogP contribution in [0.3, 0.4) is 0 Å². The van der Waals surface area contributed by atoms with Crippen molar-refractivity contribution >= 4 is 22.5 Å². The second-order valence-corrected chi connectivity index (χ2v) is 4.72. The lowest BCUT2D eigenvalue weighted by molar-refractivity contribution is 0.0956. The first-order chi connectivity index (χ1) is 8.75. The molecule has 0 unspecified atom stereocenters. The molecule has 0 radical (unpaired) electrons. The molecule has 1 aromatic carbocycles. The molecule has 1 saturated carbocycles. The van der Waals surface area contributed by atoms with Gasteiger partial charge >= 0.3 is 0 Å². The molecule has 0 bridgehead atoms. The Bertz CT molecular complexity index is 623. The molecule has 0 saturated heterocycles. The Hall–Kier alpha value is -2.10. The van der Waals surface area contributed by atoms with Gasteiger partial charge in [-0.15, -0.1) is 0 Å². The van der Waals surface area contributed by atoms with E-state index in [0.29, 0.717) is 11.5 Å². The lowest BCUT2D eigenvalue weighted by Gasteiger charge is -2.00. The standard InChI is InChI=1S/C14H15N3O/c1-9(10-6-7-10)16-17-14(18)12-8-15-13-5-3-2-4-11(12)13/h2-5,8,10,15H,6-7H2,1H3,(H,17,18). The molecule has 92 valence electrons. The van der Waals surface area contributed by atoms with Gasteiger partial charge in [0, 0.05) is 22.8 Å². The zero-order valence-electron chi connectivity index (χ0n) is 10.2. The molecule has 0 aliphatic heterocycles. The highest BCUT2D eigenvalue weighted by Crippen LogP contribution is 2.30. The minimum absolute atomic E-state index is 0.160. The van der Waals surface area contributed by atoms with Crippen molar-refractivity contribution in [3.05, 3.63) is 36.0 Å². The molecule has 1 aliphatic carbocycles. The molecule has 1 aromatic heterocycles. The third-order valence-corrected chi connectivity index (χ3v) is 3.34. The van der Waals surface area contributed by atoms with E-state index >= 15 is 0 Å². The summed E-state index contributed by atoms with van der Waals surface area (Å²) >= 11 is 0. The van der Waals surface area contributed by atoms with Crippen LogP contribution in [0.5, 0.6) is 0 Å². The van der Waals surface area contributed by atoms with Gasteiger partial charge in [-0.1, -0.05) is 18.2 Å². The molecule has 1 fully saturated rings. The molecule has 0 spiro atoms. The van der Waals surface area contributed by atoms with Gasteiger partial charge in [0.1, 0.15) is 0 Å². The lowest BCUT2D eigenvalue weighted by Crippen LogP contribution is -2.19. The number of H-pyrrole nitrogens is 1. The van der Waals surface area contributed by atoms with Crippen molar-refractivity contribution in [2.75, 3.05) is 0 Å². The topological polar surface area (TPSA) is 57.2 Å². The van der Waals surface area contributed by atoms with Crippen LogP contribution in [0.15, 0.2) is 35.6 Å². The maximum absolute atomic E-state index is 12.0. The first-order valence-electron chi connectivity index (χ1n) is 6.16. The fourth-order valence-corrected chi connectivity index (χ4v) is 2.05. The summed E-state index contributed by atoms with van der Waals surface area (Å²) in [5, 5.41) is 5.08. The Balaban J connectivity index is 1.81. The number of hydrogen-bond donors (Lipinski definition) is 2. The number of para-hydroxylation sites is 1. The smallest absolute Gasteiger partial charge is 0.273 e. The fourth-order valence-electron chi connectivity index (χ4n) is 2.05. The SMILES string of the molecule is CC(=NNC(=O)c1c[nH]c2ccccc12)C1CC1. The normalized spacial score (nSPS) is 15.9. The summed E-state index contributed by atoms with van der Waals surface area (Å²) in [6, 6.07) is 7.74. The fraction of sp³-hybridized carbons (Fsp3) is 0.286. The van der Waals surface area contributed by atoms with Gasteiger partial charge in [0.05, 0.1) is 5.56 Å². The van der Waals surface area contributed by atoms with E-state index in [9.17, 15) is 4.79 Å². The Morgan fingerprint density at radius 3 is 2.94 bits per heavy atom. The van der Waals surface area contributed by atoms with Crippen LogP contribution in [-0.2, 0) is 0 Å². The summed E-state index contributed by atoms with van der Waals surface area (Å²) in [6.07, 6.45) is 4.11. The van der Waals surface area contributed by atoms with E-state index in [-0.39, 0.29) is 5.91 Å². The highest BCUT2D eigenvalue weighted by molar-refractivity contribution is 6.07. The Kier molecular flexibility index (Phi) is 2.63. The molecule has 2 N–H and O–H groups in total. The van der Waals surface area contributed by atoms with Crippen molar-refractivity contribution in [3.8, 4) is 0 Å². The number of nitrogens with one attached hydrogen (secondary N) is 2. The molecule has 4 heteroatoms. The number of carbonyl (C=O) groups is 1. The number of amides is 1. The molecule has 0 atom stereocenters. The van der Waals surface area contributed by atoms with Crippen molar-refractivity contribution in [2.24, 2.45) is 11.0 Å². The summed E-state index contributed by atoms with van der Waals surface area (Å²) in [5.74, 6) is 0.417. The van der Waals surface area contributed by atoms with Crippen LogP contribution in [0.2, 0.25) is 0 Å². The van der Waals surface area contributed by atoms with Crippen molar-refractivity contribution in [1.29, 1.82) is 0 Å². The summed E-state index contributed by atoms with van der Waals surface area (Å²) in [5.41, 5.74) is 5.24. The average Bonchev–Trinajstić information content (AvgIpc) is 3.15. The molecular weight excluding hydrogens is 226 g/mol. The summed E-state index contributed by atoms with van der Waals surface area (Å²) in [6.45, 7) is 1.97. The van der Waals surface area contributed by atoms with E-state index in [0.717, 1.165) is 16.6 Å². The average molecular weight is 241 g/mol. The third-order valence-electron chi connectivity index (χ3n) is 3.34. The molecule has 3 rings (SSSR count). The zero-order chi connectivity index (χ0) is 12.5. The van der Waals surface area contributed by atoms with Gasteiger partial charge in [-0.05, 0) is 31.7 Å². The highest BCUT2D eigenvalue weighted by atomic mass is 16.2. The number of aromatic amines is 1. The van der Waals surface area contributed by atoms with E-state index < -0.39 is 0 Å². The number of benzene rings is 1. The summed E-state index contributed by atoms with van der Waals surface area (Å²) in [7, 11) is 0. The summed E-state index contributed by atoms with van der Waals surface area (Å²) < 4.78 is 0. The Morgan fingerprint density at radius 1 is 1.39 bits per heavy atom. The second-order valence-electron chi connectivity index (χ2n) is 4.72. The van der Waals surface area contributed by atoms with Crippen LogP contribution < -0.4 is 5.43 Å². The van der Waals surface area contributed by atoms with E-state index in [1.807, 2.05) is 31.2 Å². The molecule has 1 heterocycles. The van der Waals surface area contributed by atoms with E-state index in [2.05, 4.69) is 15.5 Å². The van der Waals surface area contributed by atoms with Gasteiger partial charge in [-0.25, -0.2) is 5.43 Å². The largest absolute Gasteiger partial charge is 0.360 e. The monoisotopic (exact) mass is 241 g/mol. The minimum Gasteiger partial charge on any atom is -0.360 e. The molecule has 1 amide bonds. The number of rotatable bonds is 3. The highest BCUT2D eigenvalue weighted by Gasteiger charge is 2.24. The van der Waals surface area contributed by atoms with Gasteiger partial charge in [-0.3, -0.25) is 4.79 Å². The van der Waals surface area contributed by atoms with Gasteiger partial charge in [0.25, 0.3) is 5.91 Å². The van der Waals surface area contributed by atoms with Gasteiger partial charge in [-0.2, -0.15) is 5.10 Å². The number of aromatic nitrogens is 1. The predicted molar refractivity (Wildman–Crippen MR) is 71.6 cm³/mol. The Labute approximate surface area is 105 Å². The minimum atomic E-state index is -0.160. The van der Waals surface area contributed by atoms with Crippen LogP contribution in [0.1, 0.15) is 30.1 Å². The van der Waals surface area contributed by atoms with E-state index in [1.54, 1.807) is 6.20 Å². The van der Waals surface area contributed by atoms with E-state index in [4.69, 9.17) is 0 Å². The van der Waals surface area contributed by atoms with Crippen molar-refractivity contribution in [1.82, 2.24) is 10.4 Å². The zero-order valence-corrected chi connectivity index (χ0v) is 10.2. The molecule has 4 nitrogen and oxygen atoms in total. The second kappa shape index (κ2) is 4.29. The summed E-state index contributed by atoms with van der Waals surface area (Å²) in [4.78, 5) is 15.1. The van der Waals surface area contributed by atoms with Crippen molar-refractivity contribution in [3.63, 3.8) is 0 Å². The first kappa shape index (κ1) is 11.0. The van der Waals surface area contributed by atoms with Gasteiger partial charge < -0.3 is 4.98 Å². The maximum atomic E-state index is 12.0. The van der Waals surface area contributed by atoms with Gasteiger partial charge in [0.2, 0.25) is 0 Å². The predicted octanol–water partition coefficient (Wildman–Crippen LogP) is 2.68. The third kappa shape index (κ3) is 2.01. The molecule has 18 heavy (non-hydrogen) atoms. The number of carbonyl (C=O) groups excluding carboxylic acids is 1. The number of fused-ring (bicyclic) bond motifs is 1.